The van der Waals surface area contributed by atoms with Crippen LogP contribution in [0.1, 0.15) is 25.5 Å². The number of anilines is 3. The number of nitrogens with zero attached hydrogens (tertiary/aromatic N) is 5. The Balaban J connectivity index is 1.62. The number of aromatic amines is 1. The lowest BCUT2D eigenvalue weighted by molar-refractivity contribution is 0.122. The van der Waals surface area contributed by atoms with Crippen LogP contribution >= 0.6 is 0 Å². The summed E-state index contributed by atoms with van der Waals surface area (Å²) in [5.74, 6) is 2.32. The first-order valence-electron chi connectivity index (χ1n) is 9.39. The van der Waals surface area contributed by atoms with E-state index in [0.29, 0.717) is 36.4 Å². The second-order valence-corrected chi connectivity index (χ2v) is 7.09. The van der Waals surface area contributed by atoms with E-state index in [0.717, 1.165) is 41.3 Å². The van der Waals surface area contributed by atoms with Crippen molar-refractivity contribution >= 4 is 39.8 Å². The number of morpholine rings is 1. The fraction of sp³-hybridized carbons (Fsp3) is 0.368. The maximum Gasteiger partial charge on any atom is 0.231 e. The molecule has 0 bridgehead atoms. The zero-order valence-corrected chi connectivity index (χ0v) is 15.8. The van der Waals surface area contributed by atoms with E-state index >= 15 is 0 Å². The largest absolute Gasteiger partial charge is 0.432 e. The zero-order chi connectivity index (χ0) is 19.1. The smallest absolute Gasteiger partial charge is 0.231 e. The molecule has 5 rings (SSSR count). The third-order valence-corrected chi connectivity index (χ3v) is 4.82. The highest BCUT2D eigenvalue weighted by Crippen LogP contribution is 2.33. The highest BCUT2D eigenvalue weighted by molar-refractivity contribution is 6.05. The monoisotopic (exact) mass is 379 g/mol. The van der Waals surface area contributed by atoms with E-state index in [4.69, 9.17) is 19.1 Å². The van der Waals surface area contributed by atoms with Crippen molar-refractivity contribution in [2.75, 3.05) is 36.5 Å². The van der Waals surface area contributed by atoms with Crippen molar-refractivity contribution in [2.45, 2.75) is 19.8 Å². The Morgan fingerprint density at radius 3 is 2.86 bits per heavy atom. The fourth-order valence-electron chi connectivity index (χ4n) is 3.33. The summed E-state index contributed by atoms with van der Waals surface area (Å²) in [5.41, 5.74) is 2.93. The summed E-state index contributed by atoms with van der Waals surface area (Å²) >= 11 is 0. The molecule has 0 spiro atoms. The number of furan rings is 1. The topological polar surface area (TPSA) is 105 Å². The Labute approximate surface area is 161 Å². The van der Waals surface area contributed by atoms with Gasteiger partial charge >= 0.3 is 0 Å². The average molecular weight is 379 g/mol. The van der Waals surface area contributed by atoms with Gasteiger partial charge in [-0.05, 0) is 18.1 Å². The Bertz CT molecular complexity index is 1130. The average Bonchev–Trinajstić information content (AvgIpc) is 3.33. The van der Waals surface area contributed by atoms with Crippen LogP contribution in [-0.2, 0) is 4.74 Å². The molecule has 0 unspecified atom stereocenters. The molecule has 0 amide bonds. The van der Waals surface area contributed by atoms with E-state index < -0.39 is 0 Å². The number of H-pyrrole nitrogens is 1. The van der Waals surface area contributed by atoms with Crippen LogP contribution in [0.15, 0.2) is 28.8 Å². The van der Waals surface area contributed by atoms with Crippen molar-refractivity contribution in [1.82, 2.24) is 25.1 Å². The molecule has 2 N–H and O–H groups in total. The van der Waals surface area contributed by atoms with Gasteiger partial charge in [0, 0.05) is 25.4 Å². The third-order valence-electron chi connectivity index (χ3n) is 4.82. The molecule has 9 nitrogen and oxygen atoms in total. The first-order valence-corrected chi connectivity index (χ1v) is 9.39. The maximum absolute atomic E-state index is 6.01. The van der Waals surface area contributed by atoms with Crippen molar-refractivity contribution in [1.29, 1.82) is 0 Å². The molecule has 1 aliphatic rings. The highest BCUT2D eigenvalue weighted by Gasteiger charge is 2.22. The molecule has 4 aromatic heterocycles. The molecule has 1 aliphatic heterocycles. The lowest BCUT2D eigenvalue weighted by Gasteiger charge is -2.27. The van der Waals surface area contributed by atoms with Crippen molar-refractivity contribution in [3.05, 3.63) is 30.1 Å². The van der Waals surface area contributed by atoms with E-state index in [1.54, 1.807) is 6.20 Å². The number of fused-ring (bicyclic) bond motifs is 3. The van der Waals surface area contributed by atoms with Crippen LogP contribution in [0.2, 0.25) is 0 Å². The number of hydrogen-bond donors (Lipinski definition) is 2. The molecule has 4 aromatic rings. The number of pyridine rings is 1. The Kier molecular flexibility index (Phi) is 4.09. The van der Waals surface area contributed by atoms with E-state index in [2.05, 4.69) is 39.2 Å². The summed E-state index contributed by atoms with van der Waals surface area (Å²) < 4.78 is 11.5. The number of nitrogens with one attached hydrogen (secondary N) is 2. The van der Waals surface area contributed by atoms with Gasteiger partial charge in [0.05, 0.1) is 24.3 Å². The second kappa shape index (κ2) is 6.75. The van der Waals surface area contributed by atoms with Crippen LogP contribution < -0.4 is 10.2 Å². The van der Waals surface area contributed by atoms with E-state index in [9.17, 15) is 0 Å². The predicted molar refractivity (Wildman–Crippen MR) is 106 cm³/mol. The second-order valence-electron chi connectivity index (χ2n) is 7.09. The van der Waals surface area contributed by atoms with Crippen molar-refractivity contribution in [3.8, 4) is 0 Å². The van der Waals surface area contributed by atoms with Gasteiger partial charge in [0.15, 0.2) is 11.4 Å². The molecule has 0 radical (unpaired) electrons. The van der Waals surface area contributed by atoms with Crippen LogP contribution in [0.5, 0.6) is 0 Å². The Morgan fingerprint density at radius 2 is 2.07 bits per heavy atom. The van der Waals surface area contributed by atoms with Crippen molar-refractivity contribution in [2.24, 2.45) is 0 Å². The Hall–Kier alpha value is -3.20. The lowest BCUT2D eigenvalue weighted by atomic mass is 10.1. The molecular weight excluding hydrogens is 358 g/mol. The lowest BCUT2D eigenvalue weighted by Crippen LogP contribution is -2.37. The first-order chi connectivity index (χ1) is 13.7. The minimum Gasteiger partial charge on any atom is -0.432 e. The van der Waals surface area contributed by atoms with Gasteiger partial charge in [0.1, 0.15) is 11.3 Å². The van der Waals surface area contributed by atoms with Gasteiger partial charge in [-0.2, -0.15) is 10.1 Å². The van der Waals surface area contributed by atoms with Crippen molar-refractivity contribution < 1.29 is 9.15 Å². The van der Waals surface area contributed by atoms with Crippen LogP contribution in [0.25, 0.3) is 22.2 Å². The van der Waals surface area contributed by atoms with Crippen LogP contribution in [-0.4, -0.2) is 51.5 Å². The zero-order valence-electron chi connectivity index (χ0n) is 15.8. The molecule has 0 saturated carbocycles. The number of rotatable bonds is 4. The summed E-state index contributed by atoms with van der Waals surface area (Å²) in [6.07, 6.45) is 1.71. The van der Waals surface area contributed by atoms with Crippen molar-refractivity contribution in [3.63, 3.8) is 0 Å². The van der Waals surface area contributed by atoms with Crippen LogP contribution in [0, 0.1) is 0 Å². The van der Waals surface area contributed by atoms with Crippen LogP contribution in [0.3, 0.4) is 0 Å². The first kappa shape index (κ1) is 16.9. The molecule has 9 heteroatoms. The molecule has 0 aromatic carbocycles. The van der Waals surface area contributed by atoms with E-state index in [1.807, 2.05) is 18.2 Å². The molecule has 1 saturated heterocycles. The maximum atomic E-state index is 6.01. The fourth-order valence-corrected chi connectivity index (χ4v) is 3.33. The van der Waals surface area contributed by atoms with Gasteiger partial charge in [0.2, 0.25) is 11.7 Å². The SMILES string of the molecule is CC(C)c1cc(Nc2nc(N3CCOCC3)c3oc4ncccc4c3n2)[nH]n1. The Morgan fingerprint density at radius 1 is 1.21 bits per heavy atom. The molecule has 1 fully saturated rings. The summed E-state index contributed by atoms with van der Waals surface area (Å²) in [6, 6.07) is 5.81. The summed E-state index contributed by atoms with van der Waals surface area (Å²) in [5, 5.41) is 11.4. The van der Waals surface area contributed by atoms with Gasteiger partial charge < -0.3 is 19.4 Å². The van der Waals surface area contributed by atoms with E-state index in [1.165, 1.54) is 0 Å². The summed E-state index contributed by atoms with van der Waals surface area (Å²) in [7, 11) is 0. The molecule has 5 heterocycles. The van der Waals surface area contributed by atoms with Gasteiger partial charge in [0.25, 0.3) is 0 Å². The normalized spacial score (nSPS) is 15.0. The molecule has 0 aliphatic carbocycles. The van der Waals surface area contributed by atoms with E-state index in [-0.39, 0.29) is 0 Å². The number of aromatic nitrogens is 5. The van der Waals surface area contributed by atoms with Crippen LogP contribution in [0.4, 0.5) is 17.6 Å². The standard InChI is InChI=1S/C19H21N7O2/c1-11(2)13-10-14(25-24-13)21-19-22-15-12-4-3-5-20-18(12)28-16(15)17(23-19)26-6-8-27-9-7-26/h3-5,10-11H,6-9H2,1-2H3,(H2,21,22,23,24,25). The number of ether oxygens (including phenoxy) is 1. The highest BCUT2D eigenvalue weighted by atomic mass is 16.5. The minimum absolute atomic E-state index is 0.336. The molecule has 28 heavy (non-hydrogen) atoms. The van der Waals surface area contributed by atoms with Gasteiger partial charge in [-0.25, -0.2) is 9.97 Å². The summed E-state index contributed by atoms with van der Waals surface area (Å²) in [4.78, 5) is 15.9. The number of hydrogen-bond acceptors (Lipinski definition) is 8. The molecule has 144 valence electrons. The minimum atomic E-state index is 0.336. The quantitative estimate of drug-likeness (QED) is 0.557. The third kappa shape index (κ3) is 2.93. The molecular formula is C19H21N7O2. The predicted octanol–water partition coefficient (Wildman–Crippen LogP) is 3.20. The van der Waals surface area contributed by atoms with Gasteiger partial charge in [-0.3, -0.25) is 5.10 Å². The van der Waals surface area contributed by atoms with Gasteiger partial charge in [-0.1, -0.05) is 13.8 Å². The summed E-state index contributed by atoms with van der Waals surface area (Å²) in [6.45, 7) is 7.01. The molecule has 0 atom stereocenters. The van der Waals surface area contributed by atoms with Gasteiger partial charge in [-0.15, -0.1) is 0 Å².